The highest BCUT2D eigenvalue weighted by atomic mass is 35.5. The van der Waals surface area contributed by atoms with Crippen molar-refractivity contribution in [2.45, 2.75) is 82.5 Å². The summed E-state index contributed by atoms with van der Waals surface area (Å²) in [4.78, 5) is 84.0. The summed E-state index contributed by atoms with van der Waals surface area (Å²) >= 11 is 6.28. The molecule has 9 atom stereocenters. The topological polar surface area (TPSA) is 245 Å². The van der Waals surface area contributed by atoms with E-state index in [2.05, 4.69) is 31.5 Å². The molecule has 1 aromatic heterocycles. The molecule has 0 spiro atoms. The van der Waals surface area contributed by atoms with Gasteiger partial charge in [-0.15, -0.1) is 10.2 Å². The summed E-state index contributed by atoms with van der Waals surface area (Å²) in [6, 6.07) is 16.7. The highest BCUT2D eigenvalue weighted by Crippen LogP contribution is 2.53. The lowest BCUT2D eigenvalue weighted by molar-refractivity contribution is -0.139. The van der Waals surface area contributed by atoms with Crippen molar-refractivity contribution in [3.63, 3.8) is 0 Å². The van der Waals surface area contributed by atoms with E-state index < -0.39 is 43.2 Å². The third-order valence-electron chi connectivity index (χ3n) is 15.3. The van der Waals surface area contributed by atoms with Gasteiger partial charge in [0.25, 0.3) is 5.91 Å². The fourth-order valence-electron chi connectivity index (χ4n) is 11.7. The Morgan fingerprint density at radius 3 is 2.58 bits per heavy atom. The fraction of sp³-hybridized carbons (Fsp3) is 0.377. The SMILES string of the molecule is COc1ccc2c(c1)C(C1C=CC(Cl)=CC1)=N[C@@H](CC(=O)NCCNC(=O)/C=C/c1ccc(B3O[C@H]4[C@@H]5CC(C(=O)NCc6cccc7c6C(O)N(C6CCC(=O)NC6=O)C7=O)C(C5)[C@H]4O3)cc1)c1nnc(C)n1-2. The van der Waals surface area contributed by atoms with Crippen molar-refractivity contribution in [2.24, 2.45) is 28.7 Å². The Labute approximate surface area is 431 Å². The van der Waals surface area contributed by atoms with E-state index in [1.807, 2.05) is 72.2 Å². The molecule has 5 unspecified atom stereocenters. The molecule has 2 bridgehead atoms. The highest BCUT2D eigenvalue weighted by Gasteiger charge is 2.61. The van der Waals surface area contributed by atoms with Gasteiger partial charge in [0.05, 0.1) is 37.1 Å². The van der Waals surface area contributed by atoms with Gasteiger partial charge in [0, 0.05) is 65.7 Å². The lowest BCUT2D eigenvalue weighted by Crippen LogP contribution is -2.53. The summed E-state index contributed by atoms with van der Waals surface area (Å²) in [5, 5.41) is 31.8. The van der Waals surface area contributed by atoms with Crippen LogP contribution in [0, 0.1) is 30.6 Å². The van der Waals surface area contributed by atoms with Crippen LogP contribution in [0.3, 0.4) is 0 Å². The molecular weight excluding hydrogens is 969 g/mol. The molecule has 19 nitrogen and oxygen atoms in total. The molecule has 2 saturated carbocycles. The van der Waals surface area contributed by atoms with Crippen molar-refractivity contribution >= 4 is 71.4 Å². The lowest BCUT2D eigenvalue weighted by atomic mass is 9.79. The number of carbonyl (C=O) groups excluding carboxylic acids is 6. The standard InChI is InChI=1S/C53H53BClN9O10/c1-27-61-62-49-39(59-46(29-9-13-33(55)14-10-29)38-24-34(72-2)15-16-40(38)63(27)49)25-44(67)57-21-20-56-42(65)18-8-28-6-11-32(12-7-28)54-73-47-31-22-36(48(47)74-54)37(23-31)50(68)58-26-30-4-3-5-35-45(30)53(71)64(52(35)70)41-17-19-43(66)60-51(41)69/h3-9,11-16,18,24,29,31,36-37,39,41,47-48,53,71H,10,17,19-23,25-26H2,1-2H3,(H,56,65)(H,57,67)(H,58,68)(H,60,66,69)/b18-8+/t29?,31-,36?,37?,39-,41?,47-,48+,53?/m0/s1. The lowest BCUT2D eigenvalue weighted by Gasteiger charge is -2.32. The zero-order chi connectivity index (χ0) is 51.4. The Bertz CT molecular complexity index is 3100. The molecule has 4 aliphatic heterocycles. The Balaban J connectivity index is 0.647. The van der Waals surface area contributed by atoms with Crippen molar-refractivity contribution in [3.8, 4) is 11.4 Å². The number of aromatic nitrogens is 3. The number of piperidine rings is 1. The number of allylic oxidation sites excluding steroid dienone is 4. The van der Waals surface area contributed by atoms with Gasteiger partial charge in [-0.1, -0.05) is 60.2 Å². The van der Waals surface area contributed by atoms with Gasteiger partial charge in [-0.2, -0.15) is 0 Å². The van der Waals surface area contributed by atoms with Crippen LogP contribution in [0.25, 0.3) is 11.8 Å². The average Bonchev–Trinajstić information content (AvgIpc) is 4.23. The molecule has 380 valence electrons. The quantitative estimate of drug-likeness (QED) is 0.0530. The van der Waals surface area contributed by atoms with Gasteiger partial charge in [0.15, 0.2) is 12.1 Å². The Hall–Kier alpha value is -7.26. The average molecular weight is 1020 g/mol. The maximum atomic E-state index is 13.7. The number of aliphatic hydroxyl groups is 1. The number of hydrogen-bond donors (Lipinski definition) is 5. The van der Waals surface area contributed by atoms with E-state index in [0.29, 0.717) is 46.4 Å². The minimum absolute atomic E-state index is 0.00812. The number of aliphatic imine (C=N–C) groups is 1. The van der Waals surface area contributed by atoms with E-state index in [4.69, 9.17) is 30.6 Å². The van der Waals surface area contributed by atoms with E-state index in [9.17, 15) is 33.9 Å². The van der Waals surface area contributed by atoms with Gasteiger partial charge in [-0.05, 0) is 97.5 Å². The molecule has 5 N–H and O–H groups in total. The molecule has 21 heteroatoms. The summed E-state index contributed by atoms with van der Waals surface area (Å²) in [5.41, 5.74) is 5.25. The first-order chi connectivity index (χ1) is 35.8. The molecule has 3 aliphatic carbocycles. The van der Waals surface area contributed by atoms with Crippen LogP contribution in [0.1, 0.15) is 95.1 Å². The number of amides is 6. The van der Waals surface area contributed by atoms with Crippen molar-refractivity contribution < 1.29 is 47.9 Å². The molecule has 3 aromatic carbocycles. The predicted molar refractivity (Wildman–Crippen MR) is 270 cm³/mol. The number of carbonyl (C=O) groups is 6. The molecule has 11 rings (SSSR count). The Morgan fingerprint density at radius 2 is 1.80 bits per heavy atom. The third kappa shape index (κ3) is 9.24. The number of nitrogens with zero attached hydrogens (tertiary/aromatic N) is 5. The van der Waals surface area contributed by atoms with Crippen molar-refractivity contribution in [1.29, 1.82) is 0 Å². The van der Waals surface area contributed by atoms with Gasteiger partial charge in [0.2, 0.25) is 29.5 Å². The number of aliphatic hydroxyl groups excluding tert-OH is 1. The number of hydrogen-bond acceptors (Lipinski definition) is 13. The van der Waals surface area contributed by atoms with Gasteiger partial charge in [-0.3, -0.25) is 48.5 Å². The molecular formula is C53H53BClN9O10. The predicted octanol–water partition coefficient (Wildman–Crippen LogP) is 3.17. The minimum atomic E-state index is -1.40. The number of imide groups is 1. The largest absolute Gasteiger partial charge is 0.497 e. The number of benzene rings is 3. The molecule has 2 saturated heterocycles. The molecule has 7 aliphatic rings. The first-order valence-electron chi connectivity index (χ1n) is 24.9. The number of halogens is 1. The van der Waals surface area contributed by atoms with Crippen LogP contribution in [0.5, 0.6) is 5.75 Å². The minimum Gasteiger partial charge on any atom is -0.497 e. The second kappa shape index (κ2) is 20.2. The molecule has 0 radical (unpaired) electrons. The Kier molecular flexibility index (Phi) is 13.4. The van der Waals surface area contributed by atoms with Crippen LogP contribution < -0.4 is 31.5 Å². The number of aryl methyl sites for hydroxylation is 1. The number of rotatable bonds is 14. The van der Waals surface area contributed by atoms with Crippen molar-refractivity contribution in [1.82, 2.24) is 40.9 Å². The van der Waals surface area contributed by atoms with E-state index in [0.717, 1.165) is 39.3 Å². The third-order valence-corrected chi connectivity index (χ3v) is 15.5. The second-order valence-corrected chi connectivity index (χ2v) is 20.1. The molecule has 4 fully saturated rings. The zero-order valence-electron chi connectivity index (χ0n) is 40.5. The van der Waals surface area contributed by atoms with E-state index in [-0.39, 0.29) is 98.1 Å². The number of ether oxygens (including phenoxy) is 1. The smallest absolute Gasteiger partial charge is 0.494 e. The summed E-state index contributed by atoms with van der Waals surface area (Å²) < 4.78 is 20.4. The normalized spacial score (nSPS) is 26.4. The van der Waals surface area contributed by atoms with Crippen molar-refractivity contribution in [2.75, 3.05) is 20.2 Å². The monoisotopic (exact) mass is 1020 g/mol. The molecule has 74 heavy (non-hydrogen) atoms. The van der Waals surface area contributed by atoms with E-state index in [1.54, 1.807) is 31.4 Å². The van der Waals surface area contributed by atoms with Crippen LogP contribution in [0.4, 0.5) is 0 Å². The van der Waals surface area contributed by atoms with Crippen LogP contribution in [0.2, 0.25) is 0 Å². The van der Waals surface area contributed by atoms with Gasteiger partial charge in [0.1, 0.15) is 23.7 Å². The molecule has 6 amide bonds. The van der Waals surface area contributed by atoms with E-state index in [1.165, 1.54) is 6.08 Å². The highest BCUT2D eigenvalue weighted by molar-refractivity contribution is 6.61. The first kappa shape index (κ1) is 49.0. The number of fused-ring (bicyclic) bond motifs is 9. The molecule has 5 heterocycles. The first-order valence-corrected chi connectivity index (χ1v) is 25.3. The zero-order valence-corrected chi connectivity index (χ0v) is 41.3. The van der Waals surface area contributed by atoms with Gasteiger partial charge < -0.3 is 35.1 Å². The number of methoxy groups -OCH3 is 1. The summed E-state index contributed by atoms with van der Waals surface area (Å²) in [6.07, 6.45) is 9.41. The summed E-state index contributed by atoms with van der Waals surface area (Å²) in [5.74, 6) is -0.705. The van der Waals surface area contributed by atoms with Crippen LogP contribution in [-0.2, 0) is 39.8 Å². The number of nitrogens with one attached hydrogen (secondary N) is 4. The van der Waals surface area contributed by atoms with Crippen LogP contribution in [-0.4, -0.2) is 111 Å². The van der Waals surface area contributed by atoms with E-state index >= 15 is 0 Å². The maximum Gasteiger partial charge on any atom is 0.494 e. The maximum absolute atomic E-state index is 13.7. The Morgan fingerprint density at radius 1 is 0.986 bits per heavy atom. The molecule has 4 aromatic rings. The van der Waals surface area contributed by atoms with Crippen molar-refractivity contribution in [3.05, 3.63) is 129 Å². The van der Waals surface area contributed by atoms with Crippen LogP contribution in [0.15, 0.2) is 95.0 Å². The summed E-state index contributed by atoms with van der Waals surface area (Å²) in [6.45, 7) is 2.33. The summed E-state index contributed by atoms with van der Waals surface area (Å²) in [7, 11) is 1.000. The fourth-order valence-corrected chi connectivity index (χ4v) is 11.9. The van der Waals surface area contributed by atoms with Gasteiger partial charge >= 0.3 is 7.12 Å². The second-order valence-electron chi connectivity index (χ2n) is 19.7. The van der Waals surface area contributed by atoms with Gasteiger partial charge in [-0.25, -0.2) is 0 Å². The van der Waals surface area contributed by atoms with Crippen LogP contribution >= 0.6 is 11.6 Å².